The number of piperidine rings is 1. The van der Waals surface area contributed by atoms with Gasteiger partial charge >= 0.3 is 0 Å². The molecule has 0 bridgehead atoms. The van der Waals surface area contributed by atoms with Gasteiger partial charge in [-0.3, -0.25) is 4.79 Å². The molecule has 6 nitrogen and oxygen atoms in total. The summed E-state index contributed by atoms with van der Waals surface area (Å²) in [7, 11) is 1.65. The first kappa shape index (κ1) is 18.2. The normalized spacial score (nSPS) is 20.5. The van der Waals surface area contributed by atoms with E-state index in [1.165, 1.54) is 0 Å². The van der Waals surface area contributed by atoms with Gasteiger partial charge in [0.25, 0.3) is 0 Å². The summed E-state index contributed by atoms with van der Waals surface area (Å²) < 4.78 is 5.29. The first-order chi connectivity index (χ1) is 12.6. The number of aliphatic hydroxyl groups excluding tert-OH is 1. The number of nitrogens with one attached hydrogen (secondary N) is 1. The Labute approximate surface area is 153 Å². The predicted molar refractivity (Wildman–Crippen MR) is 99.7 cm³/mol. The second-order valence-corrected chi connectivity index (χ2v) is 6.89. The number of aromatic amines is 1. The Balaban J connectivity index is 1.70. The van der Waals surface area contributed by atoms with Crippen molar-refractivity contribution in [3.8, 4) is 5.75 Å². The molecule has 1 saturated heterocycles. The molecule has 1 fully saturated rings. The SMILES string of the molecule is COc1cccc(CC2(CO)CCCN(C(=O)C=Cc3cnc[nH]3)C2)c1. The summed E-state index contributed by atoms with van der Waals surface area (Å²) >= 11 is 0. The Morgan fingerprint density at radius 1 is 1.50 bits per heavy atom. The maximum Gasteiger partial charge on any atom is 0.246 e. The molecule has 2 N–H and O–H groups in total. The zero-order valence-corrected chi connectivity index (χ0v) is 15.0. The zero-order chi connectivity index (χ0) is 18.4. The van der Waals surface area contributed by atoms with Crippen LogP contribution in [0.3, 0.4) is 0 Å². The van der Waals surface area contributed by atoms with E-state index in [0.717, 1.165) is 36.3 Å². The summed E-state index contributed by atoms with van der Waals surface area (Å²) in [6.45, 7) is 1.32. The molecule has 2 aromatic rings. The van der Waals surface area contributed by atoms with Gasteiger partial charge in [-0.15, -0.1) is 0 Å². The van der Waals surface area contributed by atoms with Crippen LogP contribution in [0.1, 0.15) is 24.1 Å². The number of carbonyl (C=O) groups is 1. The number of nitrogens with zero attached hydrogens (tertiary/aromatic N) is 2. The van der Waals surface area contributed by atoms with Crippen LogP contribution in [-0.2, 0) is 11.2 Å². The number of methoxy groups -OCH3 is 1. The molecular weight excluding hydrogens is 330 g/mol. The van der Waals surface area contributed by atoms with Crippen LogP contribution in [0, 0.1) is 5.41 Å². The molecule has 0 saturated carbocycles. The van der Waals surface area contributed by atoms with E-state index in [1.807, 2.05) is 29.2 Å². The van der Waals surface area contributed by atoms with Gasteiger partial charge in [-0.1, -0.05) is 12.1 Å². The fourth-order valence-electron chi connectivity index (χ4n) is 3.56. The first-order valence-corrected chi connectivity index (χ1v) is 8.83. The van der Waals surface area contributed by atoms with E-state index >= 15 is 0 Å². The minimum absolute atomic E-state index is 0.0391. The van der Waals surface area contributed by atoms with E-state index in [9.17, 15) is 9.90 Å². The lowest BCUT2D eigenvalue weighted by molar-refractivity contribution is -0.130. The highest BCUT2D eigenvalue weighted by Gasteiger charge is 2.36. The van der Waals surface area contributed by atoms with Gasteiger partial charge in [-0.2, -0.15) is 0 Å². The second-order valence-electron chi connectivity index (χ2n) is 6.89. The van der Waals surface area contributed by atoms with Crippen molar-refractivity contribution >= 4 is 12.0 Å². The minimum Gasteiger partial charge on any atom is -0.497 e. The molecule has 0 aliphatic carbocycles. The van der Waals surface area contributed by atoms with Crippen LogP contribution in [0.2, 0.25) is 0 Å². The first-order valence-electron chi connectivity index (χ1n) is 8.83. The summed E-state index contributed by atoms with van der Waals surface area (Å²) in [5.41, 5.74) is 1.59. The van der Waals surface area contributed by atoms with Gasteiger partial charge < -0.3 is 19.7 Å². The lowest BCUT2D eigenvalue weighted by atomic mass is 9.75. The predicted octanol–water partition coefficient (Wildman–Crippen LogP) is 2.28. The number of amides is 1. The molecule has 1 aliphatic heterocycles. The van der Waals surface area contributed by atoms with Crippen molar-refractivity contribution in [3.05, 3.63) is 54.1 Å². The third-order valence-electron chi connectivity index (χ3n) is 4.95. The summed E-state index contributed by atoms with van der Waals surface area (Å²) in [6, 6.07) is 7.90. The molecule has 1 aromatic carbocycles. The number of aliphatic hydroxyl groups is 1. The zero-order valence-electron chi connectivity index (χ0n) is 15.0. The average molecular weight is 355 g/mol. The summed E-state index contributed by atoms with van der Waals surface area (Å²) in [6.07, 6.45) is 9.04. The summed E-state index contributed by atoms with van der Waals surface area (Å²) in [5.74, 6) is 0.768. The van der Waals surface area contributed by atoms with Crippen molar-refractivity contribution in [3.63, 3.8) is 0 Å². The molecule has 26 heavy (non-hydrogen) atoms. The fourth-order valence-corrected chi connectivity index (χ4v) is 3.56. The van der Waals surface area contributed by atoms with Crippen molar-refractivity contribution in [1.29, 1.82) is 0 Å². The second kappa shape index (κ2) is 8.19. The number of imidazole rings is 1. The third kappa shape index (κ3) is 4.32. The number of H-pyrrole nitrogens is 1. The van der Waals surface area contributed by atoms with E-state index < -0.39 is 0 Å². The molecule has 6 heteroatoms. The van der Waals surface area contributed by atoms with Crippen LogP contribution < -0.4 is 4.74 Å². The topological polar surface area (TPSA) is 78.5 Å². The van der Waals surface area contributed by atoms with Crippen LogP contribution in [0.5, 0.6) is 5.75 Å². The van der Waals surface area contributed by atoms with Crippen LogP contribution in [0.25, 0.3) is 6.08 Å². The molecule has 0 radical (unpaired) electrons. The molecule has 1 unspecified atom stereocenters. The number of likely N-dealkylation sites (tertiary alicyclic amines) is 1. The maximum atomic E-state index is 12.6. The monoisotopic (exact) mass is 355 g/mol. The smallest absolute Gasteiger partial charge is 0.246 e. The van der Waals surface area contributed by atoms with E-state index in [4.69, 9.17) is 4.74 Å². The summed E-state index contributed by atoms with van der Waals surface area (Å²) in [5, 5.41) is 10.1. The largest absolute Gasteiger partial charge is 0.497 e. The minimum atomic E-state index is -0.317. The number of hydrogen-bond acceptors (Lipinski definition) is 4. The molecular formula is C20H25N3O3. The number of ether oxygens (including phenoxy) is 1. The van der Waals surface area contributed by atoms with Gasteiger partial charge in [-0.05, 0) is 43.0 Å². The lowest BCUT2D eigenvalue weighted by Gasteiger charge is -2.41. The number of aromatic nitrogens is 2. The van der Waals surface area contributed by atoms with E-state index in [1.54, 1.807) is 31.8 Å². The number of hydrogen-bond donors (Lipinski definition) is 2. The maximum absolute atomic E-state index is 12.6. The summed E-state index contributed by atoms with van der Waals surface area (Å²) in [4.78, 5) is 21.3. The van der Waals surface area contributed by atoms with Crippen LogP contribution in [0.15, 0.2) is 42.9 Å². The number of benzene rings is 1. The molecule has 1 atom stereocenters. The molecule has 0 spiro atoms. The standard InChI is InChI=1S/C20H25N3O3/c1-26-18-5-2-4-16(10-18)11-20(14-24)8-3-9-23(13-20)19(25)7-6-17-12-21-15-22-17/h2,4-7,10,12,15,24H,3,8-9,11,13-14H2,1H3,(H,21,22). The molecule has 1 amide bonds. The average Bonchev–Trinajstić information content (AvgIpc) is 3.20. The van der Waals surface area contributed by atoms with Gasteiger partial charge in [0.05, 0.1) is 31.9 Å². The highest BCUT2D eigenvalue weighted by molar-refractivity contribution is 5.91. The number of carbonyl (C=O) groups excluding carboxylic acids is 1. The Morgan fingerprint density at radius 3 is 3.12 bits per heavy atom. The fraction of sp³-hybridized carbons (Fsp3) is 0.400. The van der Waals surface area contributed by atoms with Gasteiger partial charge in [0.2, 0.25) is 5.91 Å². The Hall–Kier alpha value is -2.60. The van der Waals surface area contributed by atoms with E-state index in [2.05, 4.69) is 9.97 Å². The van der Waals surface area contributed by atoms with Gasteiger partial charge in [0.15, 0.2) is 0 Å². The number of rotatable bonds is 6. The molecule has 138 valence electrons. The van der Waals surface area contributed by atoms with Crippen LogP contribution in [0.4, 0.5) is 0 Å². The van der Waals surface area contributed by atoms with E-state index in [-0.39, 0.29) is 17.9 Å². The highest BCUT2D eigenvalue weighted by atomic mass is 16.5. The molecule has 2 heterocycles. The van der Waals surface area contributed by atoms with Gasteiger partial charge in [0.1, 0.15) is 5.75 Å². The van der Waals surface area contributed by atoms with Gasteiger partial charge in [0, 0.05) is 24.6 Å². The third-order valence-corrected chi connectivity index (χ3v) is 4.95. The quantitative estimate of drug-likeness (QED) is 0.779. The molecule has 1 aromatic heterocycles. The van der Waals surface area contributed by atoms with Crippen molar-refractivity contribution in [2.75, 3.05) is 26.8 Å². The Morgan fingerprint density at radius 2 is 2.38 bits per heavy atom. The van der Waals surface area contributed by atoms with Crippen molar-refractivity contribution in [1.82, 2.24) is 14.9 Å². The van der Waals surface area contributed by atoms with E-state index in [0.29, 0.717) is 13.1 Å². The Bertz CT molecular complexity index is 757. The highest BCUT2D eigenvalue weighted by Crippen LogP contribution is 2.34. The Kier molecular flexibility index (Phi) is 5.73. The molecule has 3 rings (SSSR count). The molecule has 1 aliphatic rings. The lowest BCUT2D eigenvalue weighted by Crippen LogP contribution is -2.48. The van der Waals surface area contributed by atoms with Crippen molar-refractivity contribution in [2.24, 2.45) is 5.41 Å². The van der Waals surface area contributed by atoms with Crippen molar-refractivity contribution in [2.45, 2.75) is 19.3 Å². The van der Waals surface area contributed by atoms with Crippen LogP contribution >= 0.6 is 0 Å². The van der Waals surface area contributed by atoms with Gasteiger partial charge in [-0.25, -0.2) is 4.98 Å². The van der Waals surface area contributed by atoms with Crippen LogP contribution in [-0.4, -0.2) is 52.7 Å². The van der Waals surface area contributed by atoms with Crippen molar-refractivity contribution < 1.29 is 14.6 Å².